The summed E-state index contributed by atoms with van der Waals surface area (Å²) < 4.78 is 22.8. The number of quaternary nitrogens is 1. The van der Waals surface area contributed by atoms with Crippen LogP contribution in [0.5, 0.6) is 0 Å². The summed E-state index contributed by atoms with van der Waals surface area (Å²) in [4.78, 5) is 37.3. The van der Waals surface area contributed by atoms with Crippen molar-refractivity contribution in [3.8, 4) is 0 Å². The number of hydrogen-bond acceptors (Lipinski definition) is 7. The Hall–Kier alpha value is -3.79. The fourth-order valence-electron chi connectivity index (χ4n) is 7.63. The van der Waals surface area contributed by atoms with E-state index in [1.54, 1.807) is 0 Å². The second-order valence-electron chi connectivity index (χ2n) is 20.2. The number of ether oxygens (including phenoxy) is 4. The van der Waals surface area contributed by atoms with Crippen LogP contribution >= 0.6 is 0 Å². The van der Waals surface area contributed by atoms with Crippen molar-refractivity contribution in [1.29, 1.82) is 0 Å². The highest BCUT2D eigenvalue weighted by Gasteiger charge is 2.25. The Bertz CT molecular complexity index is 1500. The highest BCUT2D eigenvalue weighted by Crippen LogP contribution is 2.15. The zero-order chi connectivity index (χ0) is 52.7. The minimum absolute atomic E-state index is 0.183. The predicted molar refractivity (Wildman–Crippen MR) is 304 cm³/mol. The SMILES string of the molecule is CC/C=C\C/C=C\C/C=C\C/C=C\C/C=C\C/C=C\C/C=C\CCCCCCCCCCCCCCCC(=O)OC(COC(=O)CCCCCCC/C=C\CCCCC)COC(OCC[N+](C)(C)C)C(=O)O. The molecule has 0 aliphatic carbocycles. The number of carbonyl (C=O) groups is 3. The number of esters is 2. The summed E-state index contributed by atoms with van der Waals surface area (Å²) in [5.74, 6) is -2.02. The van der Waals surface area contributed by atoms with Crippen LogP contribution in [0.1, 0.15) is 226 Å². The van der Waals surface area contributed by atoms with E-state index < -0.39 is 24.3 Å². The normalized spacial score (nSPS) is 13.5. The Morgan fingerprint density at radius 3 is 1.19 bits per heavy atom. The van der Waals surface area contributed by atoms with E-state index in [9.17, 15) is 19.5 Å². The first-order valence-corrected chi connectivity index (χ1v) is 28.9. The van der Waals surface area contributed by atoms with Gasteiger partial charge < -0.3 is 28.5 Å². The average Bonchev–Trinajstić information content (AvgIpc) is 3.35. The molecule has 0 saturated carbocycles. The van der Waals surface area contributed by atoms with Gasteiger partial charge in [-0.3, -0.25) is 9.59 Å². The third kappa shape index (κ3) is 54.0. The summed E-state index contributed by atoms with van der Waals surface area (Å²) in [5.41, 5.74) is 0. The molecule has 2 unspecified atom stereocenters. The fraction of sp³-hybridized carbons (Fsp3) is 0.698. The molecule has 0 spiro atoms. The van der Waals surface area contributed by atoms with Crippen LogP contribution in [-0.4, -0.2) is 87.4 Å². The molecule has 0 radical (unpaired) electrons. The Morgan fingerprint density at radius 1 is 0.431 bits per heavy atom. The van der Waals surface area contributed by atoms with Crippen molar-refractivity contribution in [1.82, 2.24) is 0 Å². The van der Waals surface area contributed by atoms with Gasteiger partial charge in [-0.05, 0) is 96.3 Å². The molecule has 72 heavy (non-hydrogen) atoms. The Balaban J connectivity index is 4.12. The van der Waals surface area contributed by atoms with Gasteiger partial charge in [0.05, 0.1) is 34.4 Å². The van der Waals surface area contributed by atoms with Gasteiger partial charge >= 0.3 is 17.9 Å². The molecule has 0 aromatic rings. The number of hydrogen-bond donors (Lipinski definition) is 1. The van der Waals surface area contributed by atoms with Gasteiger partial charge in [0, 0.05) is 12.8 Å². The molecule has 0 amide bonds. The lowest BCUT2D eigenvalue weighted by molar-refractivity contribution is -0.870. The van der Waals surface area contributed by atoms with Crippen molar-refractivity contribution in [3.05, 3.63) is 97.2 Å². The Kier molecular flexibility index (Phi) is 50.7. The molecule has 1 N–H and O–H groups in total. The molecule has 9 heteroatoms. The van der Waals surface area contributed by atoms with Gasteiger partial charge in [-0.15, -0.1) is 0 Å². The number of carboxylic acid groups (broad SMARTS) is 1. The first-order chi connectivity index (χ1) is 35.1. The number of allylic oxidation sites excluding steroid dienone is 16. The fourth-order valence-corrected chi connectivity index (χ4v) is 7.63. The first-order valence-electron chi connectivity index (χ1n) is 28.9. The largest absolute Gasteiger partial charge is 0.477 e. The molecule has 9 nitrogen and oxygen atoms in total. The van der Waals surface area contributed by atoms with E-state index in [0.717, 1.165) is 103 Å². The van der Waals surface area contributed by atoms with Gasteiger partial charge in [0.2, 0.25) is 0 Å². The maximum Gasteiger partial charge on any atom is 0.361 e. The van der Waals surface area contributed by atoms with Crippen LogP contribution in [0.15, 0.2) is 97.2 Å². The van der Waals surface area contributed by atoms with Crippen LogP contribution in [0.3, 0.4) is 0 Å². The Morgan fingerprint density at radius 2 is 0.792 bits per heavy atom. The van der Waals surface area contributed by atoms with Gasteiger partial charge in [0.25, 0.3) is 6.29 Å². The van der Waals surface area contributed by atoms with Crippen molar-refractivity contribution in [2.75, 3.05) is 47.5 Å². The van der Waals surface area contributed by atoms with E-state index in [-0.39, 0.29) is 38.6 Å². The minimum atomic E-state index is -1.51. The van der Waals surface area contributed by atoms with Crippen LogP contribution in [0, 0.1) is 0 Å². The standard InChI is InChI=1S/C63H107NO8/c1-6-8-10-12-14-16-18-20-21-22-23-24-25-26-27-28-29-30-31-32-33-34-35-36-37-38-39-40-41-42-44-46-48-50-52-54-61(66)72-59(58-71-63(62(67)68)69-56-55-64(3,4)5)57-70-60(65)53-51-49-47-45-43-19-17-15-13-11-9-7-2/h8,10,14-17,20-21,23-24,26-27,29-30,32-33,59,63H,6-7,9,11-13,18-19,22,25,28,31,34-58H2,1-5H3/p+1/b10-8-,16-14-,17-15-,21-20-,24-23-,27-26-,30-29-,33-32-. The van der Waals surface area contributed by atoms with Gasteiger partial charge in [0.15, 0.2) is 6.10 Å². The molecule has 0 saturated heterocycles. The van der Waals surface area contributed by atoms with E-state index in [1.807, 2.05) is 21.1 Å². The predicted octanol–water partition coefficient (Wildman–Crippen LogP) is 17.0. The topological polar surface area (TPSA) is 108 Å². The number of aliphatic carboxylic acids is 1. The van der Waals surface area contributed by atoms with Crippen LogP contribution in [0.2, 0.25) is 0 Å². The third-order valence-corrected chi connectivity index (χ3v) is 12.1. The van der Waals surface area contributed by atoms with Crippen LogP contribution < -0.4 is 0 Å². The average molecular weight is 1010 g/mol. The molecule has 0 bridgehead atoms. The molecule has 0 aromatic carbocycles. The van der Waals surface area contributed by atoms with E-state index in [4.69, 9.17) is 18.9 Å². The molecule has 0 aliphatic heterocycles. The molecular formula is C63H108NO8+. The van der Waals surface area contributed by atoms with Crippen molar-refractivity contribution in [2.45, 2.75) is 238 Å². The molecule has 0 fully saturated rings. The van der Waals surface area contributed by atoms with Crippen LogP contribution in [0.4, 0.5) is 0 Å². The lowest BCUT2D eigenvalue weighted by Gasteiger charge is -2.25. The first kappa shape index (κ1) is 68.2. The monoisotopic (exact) mass is 1010 g/mol. The number of carbonyl (C=O) groups excluding carboxylic acids is 2. The van der Waals surface area contributed by atoms with Gasteiger partial charge in [-0.25, -0.2) is 4.79 Å². The summed E-state index contributed by atoms with van der Waals surface area (Å²) in [6.07, 6.45) is 69.2. The molecule has 0 rings (SSSR count). The second kappa shape index (κ2) is 53.5. The minimum Gasteiger partial charge on any atom is -0.477 e. The summed E-state index contributed by atoms with van der Waals surface area (Å²) in [7, 11) is 5.96. The lowest BCUT2D eigenvalue weighted by atomic mass is 10.0. The zero-order valence-electron chi connectivity index (χ0n) is 46.8. The summed E-state index contributed by atoms with van der Waals surface area (Å²) >= 11 is 0. The number of rotatable bonds is 52. The highest BCUT2D eigenvalue weighted by atomic mass is 16.7. The molecule has 0 aliphatic rings. The Labute approximate surface area is 442 Å². The van der Waals surface area contributed by atoms with E-state index in [1.165, 1.54) is 89.9 Å². The van der Waals surface area contributed by atoms with E-state index in [0.29, 0.717) is 17.4 Å². The summed E-state index contributed by atoms with van der Waals surface area (Å²) in [6, 6.07) is 0. The van der Waals surface area contributed by atoms with Crippen molar-refractivity contribution in [3.63, 3.8) is 0 Å². The maximum absolute atomic E-state index is 12.9. The van der Waals surface area contributed by atoms with Crippen molar-refractivity contribution >= 4 is 17.9 Å². The van der Waals surface area contributed by atoms with Gasteiger partial charge in [-0.1, -0.05) is 214 Å². The van der Waals surface area contributed by atoms with Crippen LogP contribution in [-0.2, 0) is 33.3 Å². The number of nitrogens with zero attached hydrogens (tertiary/aromatic N) is 1. The number of likely N-dealkylation sites (N-methyl/N-ethyl adjacent to an activating group) is 1. The quantitative estimate of drug-likeness (QED) is 0.0211. The molecule has 0 heterocycles. The third-order valence-electron chi connectivity index (χ3n) is 12.1. The summed E-state index contributed by atoms with van der Waals surface area (Å²) in [6.45, 7) is 4.72. The van der Waals surface area contributed by atoms with Crippen LogP contribution in [0.25, 0.3) is 0 Å². The summed E-state index contributed by atoms with van der Waals surface area (Å²) in [5, 5.41) is 9.68. The highest BCUT2D eigenvalue weighted by molar-refractivity contribution is 5.71. The second-order valence-corrected chi connectivity index (χ2v) is 20.2. The zero-order valence-corrected chi connectivity index (χ0v) is 46.8. The van der Waals surface area contributed by atoms with Gasteiger partial charge in [-0.2, -0.15) is 0 Å². The molecule has 0 aromatic heterocycles. The van der Waals surface area contributed by atoms with Crippen molar-refractivity contribution in [2.24, 2.45) is 0 Å². The molecule has 2 atom stereocenters. The number of carboxylic acids is 1. The van der Waals surface area contributed by atoms with Gasteiger partial charge in [0.1, 0.15) is 13.2 Å². The number of unbranched alkanes of at least 4 members (excludes halogenated alkanes) is 21. The maximum atomic E-state index is 12.9. The molecule has 412 valence electrons. The van der Waals surface area contributed by atoms with Crippen molar-refractivity contribution < 1.29 is 42.9 Å². The smallest absolute Gasteiger partial charge is 0.361 e. The van der Waals surface area contributed by atoms with E-state index in [2.05, 4.69) is 111 Å². The lowest BCUT2D eigenvalue weighted by Crippen LogP contribution is -2.40. The van der Waals surface area contributed by atoms with E-state index >= 15 is 0 Å². The molecular weight excluding hydrogens is 899 g/mol.